The average Bonchev–Trinajstić information content (AvgIpc) is 3.02. The Kier molecular flexibility index (Phi) is 5.07. The zero-order valence-electron chi connectivity index (χ0n) is 22.2. The highest BCUT2D eigenvalue weighted by molar-refractivity contribution is 6.43. The van der Waals surface area contributed by atoms with Crippen molar-refractivity contribution in [3.63, 3.8) is 0 Å². The number of rotatable bonds is 5. The van der Waals surface area contributed by atoms with Crippen molar-refractivity contribution in [2.45, 2.75) is 13.0 Å². The number of hydrogen-bond acceptors (Lipinski definition) is 6. The van der Waals surface area contributed by atoms with E-state index in [1.807, 2.05) is 24.3 Å². The summed E-state index contributed by atoms with van der Waals surface area (Å²) in [6.45, 7) is -0.310. The lowest BCUT2D eigenvalue weighted by atomic mass is 9.82. The molecule has 2 N–H and O–H groups in total. The van der Waals surface area contributed by atoms with E-state index in [1.165, 1.54) is 4.90 Å². The van der Waals surface area contributed by atoms with Gasteiger partial charge in [0.2, 0.25) is 0 Å². The molecule has 2 heterocycles. The second-order valence-electron chi connectivity index (χ2n) is 10.7. The van der Waals surface area contributed by atoms with Crippen molar-refractivity contribution in [1.29, 1.82) is 0 Å². The van der Waals surface area contributed by atoms with Crippen LogP contribution in [0.3, 0.4) is 0 Å². The first-order valence-corrected chi connectivity index (χ1v) is 13.7. The van der Waals surface area contributed by atoms with Gasteiger partial charge in [-0.15, -0.1) is 0 Å². The lowest BCUT2D eigenvalue weighted by molar-refractivity contribution is 0.0600. The fourth-order valence-electron chi connectivity index (χ4n) is 6.83. The normalized spacial score (nSPS) is 14.9. The van der Waals surface area contributed by atoms with Crippen molar-refractivity contribution in [2.24, 2.45) is 0 Å². The van der Waals surface area contributed by atoms with Crippen molar-refractivity contribution in [3.8, 4) is 0 Å². The molecular formula is C34H22N2O6. The van der Waals surface area contributed by atoms with E-state index in [4.69, 9.17) is 0 Å². The number of amides is 4. The van der Waals surface area contributed by atoms with E-state index in [-0.39, 0.29) is 31.6 Å². The molecule has 0 fully saturated rings. The lowest BCUT2D eigenvalue weighted by Crippen LogP contribution is -2.41. The van der Waals surface area contributed by atoms with Crippen LogP contribution in [0.2, 0.25) is 0 Å². The summed E-state index contributed by atoms with van der Waals surface area (Å²) in [5.74, 6) is -1.71. The molecule has 8 rings (SSSR count). The highest BCUT2D eigenvalue weighted by Gasteiger charge is 2.37. The van der Waals surface area contributed by atoms with Crippen LogP contribution in [-0.4, -0.2) is 51.9 Å². The maximum atomic E-state index is 13.9. The van der Waals surface area contributed by atoms with Crippen molar-refractivity contribution in [3.05, 3.63) is 101 Å². The Labute approximate surface area is 238 Å². The molecule has 0 saturated carbocycles. The Morgan fingerprint density at radius 1 is 0.524 bits per heavy atom. The molecule has 6 aromatic carbocycles. The van der Waals surface area contributed by atoms with Crippen LogP contribution in [0.5, 0.6) is 0 Å². The third-order valence-electron chi connectivity index (χ3n) is 8.66. The van der Waals surface area contributed by atoms with Crippen LogP contribution in [0.25, 0.3) is 43.1 Å². The second-order valence-corrected chi connectivity index (χ2v) is 10.7. The molecule has 8 heteroatoms. The molecule has 0 saturated heterocycles. The Balaban J connectivity index is 1.42. The molecule has 0 radical (unpaired) electrons. The summed E-state index contributed by atoms with van der Waals surface area (Å²) in [4.78, 5) is 56.9. The topological polar surface area (TPSA) is 115 Å². The molecular weight excluding hydrogens is 532 g/mol. The van der Waals surface area contributed by atoms with Gasteiger partial charge in [-0.1, -0.05) is 42.5 Å². The summed E-state index contributed by atoms with van der Waals surface area (Å²) in [5, 5.41) is 25.2. The molecule has 0 unspecified atom stereocenters. The minimum Gasteiger partial charge on any atom is -0.396 e. The van der Waals surface area contributed by atoms with E-state index < -0.39 is 11.8 Å². The summed E-state index contributed by atoms with van der Waals surface area (Å²) >= 11 is 0. The predicted octanol–water partition coefficient (Wildman–Crippen LogP) is 5.01. The molecule has 0 aliphatic carbocycles. The quantitative estimate of drug-likeness (QED) is 0.176. The Bertz CT molecular complexity index is 2100. The van der Waals surface area contributed by atoms with E-state index in [0.717, 1.165) is 37.2 Å². The Morgan fingerprint density at radius 3 is 1.43 bits per heavy atom. The van der Waals surface area contributed by atoms with Crippen molar-refractivity contribution < 1.29 is 29.4 Å². The molecule has 42 heavy (non-hydrogen) atoms. The van der Waals surface area contributed by atoms with Crippen molar-refractivity contribution in [2.75, 3.05) is 18.1 Å². The van der Waals surface area contributed by atoms with Gasteiger partial charge in [0.1, 0.15) is 0 Å². The summed E-state index contributed by atoms with van der Waals surface area (Å²) in [6, 6.07) is 21.2. The van der Waals surface area contributed by atoms with E-state index >= 15 is 0 Å². The van der Waals surface area contributed by atoms with Gasteiger partial charge in [0.05, 0.1) is 12.3 Å². The number of fused-ring (bicyclic) bond motifs is 2. The van der Waals surface area contributed by atoms with Crippen LogP contribution in [-0.2, 0) is 6.61 Å². The minimum atomic E-state index is -0.465. The van der Waals surface area contributed by atoms with Gasteiger partial charge in [-0.3, -0.25) is 24.1 Å². The van der Waals surface area contributed by atoms with Gasteiger partial charge in [-0.25, -0.2) is 4.90 Å². The SMILES string of the molecule is O=C1c2ccc3c4ccc5c6c(ccc(c7ccc(c2c37)C(=O)N1CCCO)c64)C(=O)N(c1ccccc1CO)C5=O. The third-order valence-corrected chi connectivity index (χ3v) is 8.66. The van der Waals surface area contributed by atoms with Crippen molar-refractivity contribution in [1.82, 2.24) is 4.90 Å². The fraction of sp³-hybridized carbons (Fsp3) is 0.118. The number of nitrogens with zero attached hydrogens (tertiary/aromatic N) is 2. The van der Waals surface area contributed by atoms with Gasteiger partial charge in [-0.05, 0) is 69.1 Å². The maximum absolute atomic E-state index is 13.9. The van der Waals surface area contributed by atoms with Crippen LogP contribution in [0.4, 0.5) is 5.69 Å². The second kappa shape index (κ2) is 8.66. The molecule has 204 valence electrons. The summed E-state index contributed by atoms with van der Waals surface area (Å²) in [6.07, 6.45) is 0.298. The predicted molar refractivity (Wildman–Crippen MR) is 158 cm³/mol. The molecule has 0 aromatic heterocycles. The Morgan fingerprint density at radius 2 is 0.976 bits per heavy atom. The molecule has 2 aliphatic rings. The molecule has 6 aromatic rings. The summed E-state index contributed by atoms with van der Waals surface area (Å²) in [5.41, 5.74) is 2.46. The number of aliphatic hydroxyl groups excluding tert-OH is 2. The summed E-state index contributed by atoms with van der Waals surface area (Å²) in [7, 11) is 0. The lowest BCUT2D eigenvalue weighted by Gasteiger charge is -2.30. The van der Waals surface area contributed by atoms with Crippen LogP contribution in [0.1, 0.15) is 53.4 Å². The summed E-state index contributed by atoms with van der Waals surface area (Å²) < 4.78 is 0. The van der Waals surface area contributed by atoms with E-state index in [1.54, 1.807) is 48.5 Å². The molecule has 0 atom stereocenters. The van der Waals surface area contributed by atoms with E-state index in [0.29, 0.717) is 50.7 Å². The minimum absolute atomic E-state index is 0.126. The Hall–Kier alpha value is -5.18. The highest BCUT2D eigenvalue weighted by atomic mass is 16.3. The van der Waals surface area contributed by atoms with E-state index in [2.05, 4.69) is 0 Å². The van der Waals surface area contributed by atoms with Gasteiger partial charge in [0.15, 0.2) is 0 Å². The first kappa shape index (κ1) is 24.6. The number of carbonyl (C=O) groups is 4. The first-order chi connectivity index (χ1) is 20.5. The van der Waals surface area contributed by atoms with Crippen molar-refractivity contribution >= 4 is 72.4 Å². The molecule has 0 spiro atoms. The first-order valence-electron chi connectivity index (χ1n) is 13.7. The number of aliphatic hydroxyl groups is 2. The molecule has 4 amide bonds. The highest BCUT2D eigenvalue weighted by Crippen LogP contribution is 2.46. The van der Waals surface area contributed by atoms with Crippen LogP contribution >= 0.6 is 0 Å². The van der Waals surface area contributed by atoms with Gasteiger partial charge in [0.25, 0.3) is 23.6 Å². The monoisotopic (exact) mass is 554 g/mol. The van der Waals surface area contributed by atoms with Crippen LogP contribution < -0.4 is 4.90 Å². The van der Waals surface area contributed by atoms with E-state index in [9.17, 15) is 29.4 Å². The fourth-order valence-corrected chi connectivity index (χ4v) is 6.83. The van der Waals surface area contributed by atoms with Gasteiger partial charge < -0.3 is 10.2 Å². The molecule has 0 bridgehead atoms. The number of carbonyl (C=O) groups excluding carboxylic acids is 4. The third kappa shape index (κ3) is 2.97. The van der Waals surface area contributed by atoms with Gasteiger partial charge in [0, 0.05) is 51.7 Å². The van der Waals surface area contributed by atoms with Gasteiger partial charge in [-0.2, -0.15) is 0 Å². The molecule has 8 nitrogen and oxygen atoms in total. The standard InChI is InChI=1S/C34H22N2O6/c37-15-3-14-35-31(39)22-10-6-18-20-8-12-24-30-25(34(42)36(33(24)41)26-5-2-1-4-17(26)16-38)13-9-21(28(20)30)19-7-11-23(32(35)40)29(22)27(18)19/h1-2,4-13,37-38H,3,14-16H2. The van der Waals surface area contributed by atoms with Crippen LogP contribution in [0.15, 0.2) is 72.8 Å². The maximum Gasteiger partial charge on any atom is 0.265 e. The average molecular weight is 555 g/mol. The van der Waals surface area contributed by atoms with Gasteiger partial charge >= 0.3 is 0 Å². The number of imide groups is 2. The zero-order valence-corrected chi connectivity index (χ0v) is 22.2. The molecule has 2 aliphatic heterocycles. The number of benzene rings is 6. The number of anilines is 1. The zero-order chi connectivity index (χ0) is 28.9. The smallest absolute Gasteiger partial charge is 0.265 e. The van der Waals surface area contributed by atoms with Crippen LogP contribution in [0, 0.1) is 0 Å². The number of hydrogen-bond donors (Lipinski definition) is 2. The number of para-hydroxylation sites is 1. The largest absolute Gasteiger partial charge is 0.396 e.